The van der Waals surface area contributed by atoms with Crippen LogP contribution in [0.3, 0.4) is 0 Å². The average Bonchev–Trinajstić information content (AvgIpc) is 2.73. The Morgan fingerprint density at radius 2 is 1.52 bits per heavy atom. The zero-order chi connectivity index (χ0) is 19.3. The minimum Gasteiger partial charge on any atom is -0.507 e. The number of methoxy groups -OCH3 is 1. The fourth-order valence-electron chi connectivity index (χ4n) is 3.44. The van der Waals surface area contributed by atoms with E-state index < -0.39 is 5.41 Å². The van der Waals surface area contributed by atoms with Gasteiger partial charge in [-0.25, -0.2) is 0 Å². The van der Waals surface area contributed by atoms with Crippen LogP contribution in [0.2, 0.25) is 0 Å². The molecule has 3 nitrogen and oxygen atoms in total. The molecular weight excluding hydrogens is 334 g/mol. The predicted octanol–water partition coefficient (Wildman–Crippen LogP) is 5.19. The minimum absolute atomic E-state index is 0.225. The van der Waals surface area contributed by atoms with Crippen molar-refractivity contribution in [2.75, 3.05) is 13.7 Å². The molecule has 0 unspecified atom stereocenters. The second-order valence-electron chi connectivity index (χ2n) is 6.60. The number of rotatable bonds is 6. The van der Waals surface area contributed by atoms with Crippen LogP contribution in [0.1, 0.15) is 36.1 Å². The molecule has 27 heavy (non-hydrogen) atoms. The summed E-state index contributed by atoms with van der Waals surface area (Å²) >= 11 is 0. The summed E-state index contributed by atoms with van der Waals surface area (Å²) in [5.41, 5.74) is 3.09. The number of phenolic OH excluding ortho intramolecular Hbond substituents is 1. The predicted molar refractivity (Wildman–Crippen MR) is 111 cm³/mol. The SMILES string of the molecule is CCN=Cc1cc(OC)cc(C(C)(c2ccccc2)c2ccccc2)c1O. The van der Waals surface area contributed by atoms with E-state index in [2.05, 4.69) is 36.2 Å². The van der Waals surface area contributed by atoms with Crippen molar-refractivity contribution >= 4 is 6.21 Å². The highest BCUT2D eigenvalue weighted by molar-refractivity contribution is 5.85. The summed E-state index contributed by atoms with van der Waals surface area (Å²) in [5, 5.41) is 11.1. The van der Waals surface area contributed by atoms with Crippen molar-refractivity contribution in [3.8, 4) is 11.5 Å². The van der Waals surface area contributed by atoms with Gasteiger partial charge in [0.1, 0.15) is 11.5 Å². The second-order valence-corrected chi connectivity index (χ2v) is 6.60. The lowest BCUT2D eigenvalue weighted by atomic mass is 9.70. The van der Waals surface area contributed by atoms with Crippen molar-refractivity contribution in [3.63, 3.8) is 0 Å². The zero-order valence-corrected chi connectivity index (χ0v) is 16.0. The molecule has 0 fully saturated rings. The van der Waals surface area contributed by atoms with Gasteiger partial charge >= 0.3 is 0 Å². The number of benzene rings is 3. The second kappa shape index (κ2) is 8.09. The van der Waals surface area contributed by atoms with Crippen molar-refractivity contribution in [2.24, 2.45) is 4.99 Å². The molecule has 0 saturated carbocycles. The van der Waals surface area contributed by atoms with Gasteiger partial charge < -0.3 is 9.84 Å². The monoisotopic (exact) mass is 359 g/mol. The van der Waals surface area contributed by atoms with E-state index in [9.17, 15) is 5.11 Å². The van der Waals surface area contributed by atoms with E-state index in [1.807, 2.05) is 55.5 Å². The Hall–Kier alpha value is -3.07. The van der Waals surface area contributed by atoms with Gasteiger partial charge in [-0.15, -0.1) is 0 Å². The molecule has 0 spiro atoms. The molecule has 0 radical (unpaired) electrons. The average molecular weight is 359 g/mol. The third kappa shape index (κ3) is 3.59. The fourth-order valence-corrected chi connectivity index (χ4v) is 3.44. The summed E-state index contributed by atoms with van der Waals surface area (Å²) in [7, 11) is 1.64. The Bertz CT molecular complexity index is 878. The molecule has 0 bridgehead atoms. The Balaban J connectivity index is 2.32. The van der Waals surface area contributed by atoms with Crippen molar-refractivity contribution in [1.82, 2.24) is 0 Å². The molecule has 0 atom stereocenters. The molecule has 0 aliphatic heterocycles. The van der Waals surface area contributed by atoms with Crippen LogP contribution >= 0.6 is 0 Å². The Kier molecular flexibility index (Phi) is 5.60. The van der Waals surface area contributed by atoms with Crippen LogP contribution < -0.4 is 4.74 Å². The lowest BCUT2D eigenvalue weighted by Gasteiger charge is -2.33. The quantitative estimate of drug-likeness (QED) is 0.486. The van der Waals surface area contributed by atoms with Crippen LogP contribution in [0.5, 0.6) is 11.5 Å². The summed E-state index contributed by atoms with van der Waals surface area (Å²) < 4.78 is 5.52. The molecular formula is C24H25NO2. The maximum Gasteiger partial charge on any atom is 0.129 e. The summed E-state index contributed by atoms with van der Waals surface area (Å²) in [4.78, 5) is 4.31. The number of nitrogens with zero attached hydrogens (tertiary/aromatic N) is 1. The van der Waals surface area contributed by atoms with Gasteiger partial charge in [-0.2, -0.15) is 0 Å². The summed E-state index contributed by atoms with van der Waals surface area (Å²) in [5.74, 6) is 0.918. The van der Waals surface area contributed by atoms with Gasteiger partial charge in [0.25, 0.3) is 0 Å². The van der Waals surface area contributed by atoms with Crippen LogP contribution in [0.4, 0.5) is 0 Å². The van der Waals surface area contributed by atoms with E-state index in [-0.39, 0.29) is 5.75 Å². The molecule has 0 aromatic heterocycles. The largest absolute Gasteiger partial charge is 0.507 e. The molecule has 1 N–H and O–H groups in total. The third-order valence-electron chi connectivity index (χ3n) is 5.00. The van der Waals surface area contributed by atoms with Gasteiger partial charge in [0.15, 0.2) is 0 Å². The summed E-state index contributed by atoms with van der Waals surface area (Å²) in [6, 6.07) is 24.2. The molecule has 3 rings (SSSR count). The zero-order valence-electron chi connectivity index (χ0n) is 16.0. The molecule has 0 heterocycles. The molecule has 3 aromatic carbocycles. The Labute approximate surface area is 161 Å². The third-order valence-corrected chi connectivity index (χ3v) is 5.00. The minimum atomic E-state index is -0.546. The van der Waals surface area contributed by atoms with Crippen LogP contribution in [0.25, 0.3) is 0 Å². The van der Waals surface area contributed by atoms with Crippen molar-refractivity contribution in [2.45, 2.75) is 19.3 Å². The van der Waals surface area contributed by atoms with Gasteiger partial charge in [-0.3, -0.25) is 4.99 Å². The van der Waals surface area contributed by atoms with Crippen LogP contribution in [0.15, 0.2) is 77.8 Å². The van der Waals surface area contributed by atoms with Crippen molar-refractivity contribution in [1.29, 1.82) is 0 Å². The molecule has 3 heteroatoms. The Morgan fingerprint density at radius 1 is 0.963 bits per heavy atom. The lowest BCUT2D eigenvalue weighted by molar-refractivity contribution is 0.408. The Morgan fingerprint density at radius 3 is 2.00 bits per heavy atom. The van der Waals surface area contributed by atoms with Crippen LogP contribution in [-0.4, -0.2) is 25.0 Å². The molecule has 138 valence electrons. The van der Waals surface area contributed by atoms with Crippen LogP contribution in [0, 0.1) is 0 Å². The van der Waals surface area contributed by atoms with Gasteiger partial charge in [0, 0.05) is 29.3 Å². The van der Waals surface area contributed by atoms with Gasteiger partial charge in [-0.05, 0) is 37.1 Å². The van der Waals surface area contributed by atoms with Crippen molar-refractivity contribution in [3.05, 3.63) is 95.1 Å². The number of aliphatic imine (C=N–C) groups is 1. The van der Waals surface area contributed by atoms with Crippen LogP contribution in [-0.2, 0) is 5.41 Å². The number of hydrogen-bond donors (Lipinski definition) is 1. The summed E-state index contributed by atoms with van der Waals surface area (Å²) in [6.45, 7) is 4.75. The first-order chi connectivity index (χ1) is 13.1. The van der Waals surface area contributed by atoms with E-state index in [1.54, 1.807) is 13.3 Å². The van der Waals surface area contributed by atoms with Gasteiger partial charge in [-0.1, -0.05) is 60.7 Å². The standard InChI is InChI=1S/C24H25NO2/c1-4-25-17-18-15-21(27-3)16-22(23(18)26)24(2,19-11-7-5-8-12-19)20-13-9-6-10-14-20/h5-17,26H,4H2,1-3H3. The van der Waals surface area contributed by atoms with E-state index in [1.165, 1.54) is 0 Å². The molecule has 3 aromatic rings. The van der Waals surface area contributed by atoms with Crippen molar-refractivity contribution < 1.29 is 9.84 Å². The smallest absolute Gasteiger partial charge is 0.129 e. The number of hydrogen-bond acceptors (Lipinski definition) is 3. The first kappa shape index (κ1) is 18.7. The highest BCUT2D eigenvalue weighted by Crippen LogP contribution is 2.45. The van der Waals surface area contributed by atoms with E-state index in [4.69, 9.17) is 4.74 Å². The fraction of sp³-hybridized carbons (Fsp3) is 0.208. The van der Waals surface area contributed by atoms with E-state index >= 15 is 0 Å². The maximum atomic E-state index is 11.1. The highest BCUT2D eigenvalue weighted by Gasteiger charge is 2.34. The van der Waals surface area contributed by atoms with E-state index in [0.717, 1.165) is 16.7 Å². The van der Waals surface area contributed by atoms with Gasteiger partial charge in [0.2, 0.25) is 0 Å². The first-order valence-corrected chi connectivity index (χ1v) is 9.13. The number of phenols is 1. The topological polar surface area (TPSA) is 41.8 Å². The number of ether oxygens (including phenoxy) is 1. The molecule has 0 amide bonds. The summed E-state index contributed by atoms with van der Waals surface area (Å²) in [6.07, 6.45) is 1.71. The molecule has 0 saturated heterocycles. The molecule has 0 aliphatic rings. The highest BCUT2D eigenvalue weighted by atomic mass is 16.5. The number of aromatic hydroxyl groups is 1. The van der Waals surface area contributed by atoms with Gasteiger partial charge in [0.05, 0.1) is 7.11 Å². The normalized spacial score (nSPS) is 11.7. The molecule has 0 aliphatic carbocycles. The maximum absolute atomic E-state index is 11.1. The first-order valence-electron chi connectivity index (χ1n) is 9.13. The lowest BCUT2D eigenvalue weighted by Crippen LogP contribution is -2.25. The van der Waals surface area contributed by atoms with E-state index in [0.29, 0.717) is 17.9 Å².